The summed E-state index contributed by atoms with van der Waals surface area (Å²) < 4.78 is 4.99. The van der Waals surface area contributed by atoms with Crippen molar-refractivity contribution in [1.29, 1.82) is 0 Å². The van der Waals surface area contributed by atoms with Crippen LogP contribution in [-0.4, -0.2) is 15.0 Å². The lowest BCUT2D eigenvalue weighted by Gasteiger charge is -2.33. The maximum atomic E-state index is 5.50. The summed E-state index contributed by atoms with van der Waals surface area (Å²) >= 11 is 0. The first kappa shape index (κ1) is 40.1. The van der Waals surface area contributed by atoms with Crippen LogP contribution >= 0.6 is 0 Å². The topological polar surface area (TPSA) is 46.3 Å². The van der Waals surface area contributed by atoms with Crippen LogP contribution in [0.5, 0.6) is 0 Å². The van der Waals surface area contributed by atoms with Gasteiger partial charge in [0.15, 0.2) is 0 Å². The number of amidine groups is 1. The number of hydrogen-bond donors (Lipinski definition) is 2. The average Bonchev–Trinajstić information content (AvgIpc) is 3.93. The van der Waals surface area contributed by atoms with E-state index in [-0.39, 0.29) is 12.3 Å². The fourth-order valence-corrected chi connectivity index (χ4v) is 12.1. The summed E-state index contributed by atoms with van der Waals surface area (Å²) in [6.45, 7) is 2.31. The lowest BCUT2D eigenvalue weighted by molar-refractivity contribution is 0.408. The Labute approximate surface area is 410 Å². The molecule has 0 bridgehead atoms. The van der Waals surface area contributed by atoms with Gasteiger partial charge < -0.3 is 14.5 Å². The molecule has 3 atom stereocenters. The van der Waals surface area contributed by atoms with Crippen LogP contribution in [-0.2, 0) is 6.42 Å². The van der Waals surface area contributed by atoms with Crippen LogP contribution in [0.1, 0.15) is 47.1 Å². The molecule has 71 heavy (non-hydrogen) atoms. The second kappa shape index (κ2) is 15.6. The Hall–Kier alpha value is -8.77. The van der Waals surface area contributed by atoms with Gasteiger partial charge in [-0.15, -0.1) is 0 Å². The number of hydrogen-bond acceptors (Lipinski definition) is 3. The van der Waals surface area contributed by atoms with Gasteiger partial charge in [-0.1, -0.05) is 177 Å². The van der Waals surface area contributed by atoms with Crippen molar-refractivity contribution in [1.82, 2.24) is 19.8 Å². The minimum atomic E-state index is -0.325. The maximum Gasteiger partial charge on any atom is 0.131 e. The monoisotopic (exact) mass is 909 g/mol. The summed E-state index contributed by atoms with van der Waals surface area (Å²) in [4.78, 5) is 5.50. The van der Waals surface area contributed by atoms with E-state index in [1.807, 2.05) is 0 Å². The SMILES string of the molecule is CC1C=Cc2c(ccc3c2c2ccccc2n3-c2ccc3c4cc5ccccc5cc4n(-c4ccccc4C4NC(c5ccc6c(ccc7ccccc76)c5)=NC(c5ccc6ccccc6c5)N4)c3c2)C1. The minimum Gasteiger partial charge on any atom is -0.350 e. The van der Waals surface area contributed by atoms with Gasteiger partial charge in [0.1, 0.15) is 18.2 Å². The molecule has 0 spiro atoms. The summed E-state index contributed by atoms with van der Waals surface area (Å²) in [7, 11) is 0. The Bertz CT molecular complexity index is 4430. The molecule has 13 aromatic rings. The predicted octanol–water partition coefficient (Wildman–Crippen LogP) is 16.0. The van der Waals surface area contributed by atoms with Gasteiger partial charge in [-0.2, -0.15) is 0 Å². The summed E-state index contributed by atoms with van der Waals surface area (Å²) in [5.41, 5.74) is 13.0. The Morgan fingerprint density at radius 3 is 2.06 bits per heavy atom. The van der Waals surface area contributed by atoms with E-state index in [9.17, 15) is 0 Å². The molecule has 1 aliphatic heterocycles. The van der Waals surface area contributed by atoms with Gasteiger partial charge in [0.25, 0.3) is 0 Å². The largest absolute Gasteiger partial charge is 0.350 e. The number of rotatable bonds is 5. The van der Waals surface area contributed by atoms with Gasteiger partial charge in [-0.05, 0) is 127 Å². The normalized spacial score (nSPS) is 17.0. The van der Waals surface area contributed by atoms with Crippen molar-refractivity contribution in [3.05, 3.63) is 246 Å². The molecule has 0 fully saturated rings. The lowest BCUT2D eigenvalue weighted by atomic mass is 9.88. The molecule has 2 aliphatic rings. The predicted molar refractivity (Wildman–Crippen MR) is 298 cm³/mol. The first-order valence-corrected chi connectivity index (χ1v) is 24.9. The van der Waals surface area contributed by atoms with E-state index >= 15 is 0 Å². The van der Waals surface area contributed by atoms with Crippen molar-refractivity contribution < 1.29 is 0 Å². The zero-order valence-electron chi connectivity index (χ0n) is 39.1. The molecule has 3 unspecified atom stereocenters. The smallest absolute Gasteiger partial charge is 0.131 e. The molecule has 1 aliphatic carbocycles. The van der Waals surface area contributed by atoms with E-state index in [1.165, 1.54) is 86.8 Å². The third kappa shape index (κ3) is 6.33. The highest BCUT2D eigenvalue weighted by Gasteiger charge is 2.29. The highest BCUT2D eigenvalue weighted by atomic mass is 15.3. The fraction of sp³-hybridized carbons (Fsp3) is 0.0758. The van der Waals surface area contributed by atoms with Crippen LogP contribution in [0.3, 0.4) is 0 Å². The number of benzene rings is 11. The number of aromatic nitrogens is 2. The van der Waals surface area contributed by atoms with Gasteiger partial charge >= 0.3 is 0 Å². The van der Waals surface area contributed by atoms with Crippen LogP contribution in [0.2, 0.25) is 0 Å². The van der Waals surface area contributed by atoms with E-state index in [1.54, 1.807) is 0 Å². The minimum absolute atomic E-state index is 0.308. The standard InChI is InChI=1S/C66H47N5/c1-40-22-30-53-46(34-40)28-33-60-63(53)55-18-8-10-20-58(55)70(60)50-29-32-54-57-37-44-15-4-5-16-45(44)38-61(57)71(62(54)39-50)59-21-11-9-19-56(59)66-68-64(48-26-23-41-12-2-3-14-43(41)35-48)67-65(69-66)49-27-31-52-47(36-49)25-24-42-13-6-7-17-51(42)52/h2-33,35-40,64,66,68H,34H2,1H3,(H,67,69). The number of fused-ring (bicyclic) bond motifs is 13. The van der Waals surface area contributed by atoms with E-state index in [0.29, 0.717) is 5.92 Å². The van der Waals surface area contributed by atoms with Crippen LogP contribution in [0, 0.1) is 5.92 Å². The molecule has 0 amide bonds. The molecular weight excluding hydrogens is 863 g/mol. The first-order valence-electron chi connectivity index (χ1n) is 24.9. The Kier molecular flexibility index (Phi) is 8.84. The summed E-state index contributed by atoms with van der Waals surface area (Å²) in [6.07, 6.45) is 5.16. The second-order valence-electron chi connectivity index (χ2n) is 19.7. The Morgan fingerprint density at radius 2 is 1.17 bits per heavy atom. The average molecular weight is 910 g/mol. The van der Waals surface area contributed by atoms with Crippen LogP contribution < -0.4 is 10.6 Å². The Morgan fingerprint density at radius 1 is 0.479 bits per heavy atom. The molecule has 3 heterocycles. The number of allylic oxidation sites excluding steroid dienone is 1. The summed E-state index contributed by atoms with van der Waals surface area (Å²) in [6, 6.07) is 78.3. The Balaban J connectivity index is 0.937. The van der Waals surface area contributed by atoms with Crippen LogP contribution in [0.4, 0.5) is 0 Å². The molecule has 15 rings (SSSR count). The molecule has 336 valence electrons. The van der Waals surface area contributed by atoms with Crippen molar-refractivity contribution in [2.45, 2.75) is 25.7 Å². The number of nitrogens with one attached hydrogen (secondary N) is 2. The molecule has 2 aromatic heterocycles. The highest BCUT2D eigenvalue weighted by molar-refractivity contribution is 6.16. The van der Waals surface area contributed by atoms with Gasteiger partial charge in [0, 0.05) is 38.4 Å². The molecule has 0 saturated heterocycles. The zero-order valence-corrected chi connectivity index (χ0v) is 39.1. The fourth-order valence-electron chi connectivity index (χ4n) is 12.1. The van der Waals surface area contributed by atoms with Crippen LogP contribution in [0.25, 0.3) is 104 Å². The van der Waals surface area contributed by atoms with Gasteiger partial charge in [-0.3, -0.25) is 5.32 Å². The number of aliphatic imine (C=N–C) groups is 1. The summed E-state index contributed by atoms with van der Waals surface area (Å²) in [5.74, 6) is 1.38. The second-order valence-corrected chi connectivity index (χ2v) is 19.7. The number of nitrogens with zero attached hydrogens (tertiary/aromatic N) is 3. The maximum absolute atomic E-state index is 5.50. The van der Waals surface area contributed by atoms with E-state index in [4.69, 9.17) is 4.99 Å². The quantitative estimate of drug-likeness (QED) is 0.169. The highest BCUT2D eigenvalue weighted by Crippen LogP contribution is 2.42. The summed E-state index contributed by atoms with van der Waals surface area (Å²) in [5, 5.41) is 22.8. The molecular formula is C66H47N5. The van der Waals surface area contributed by atoms with Crippen molar-refractivity contribution in [2.24, 2.45) is 10.9 Å². The van der Waals surface area contributed by atoms with Crippen molar-refractivity contribution in [3.63, 3.8) is 0 Å². The van der Waals surface area contributed by atoms with Crippen molar-refractivity contribution >= 4 is 98.6 Å². The van der Waals surface area contributed by atoms with Crippen molar-refractivity contribution in [3.8, 4) is 11.4 Å². The molecule has 2 N–H and O–H groups in total. The van der Waals surface area contributed by atoms with E-state index in [2.05, 4.69) is 251 Å². The number of para-hydroxylation sites is 2. The third-order valence-electron chi connectivity index (χ3n) is 15.4. The molecule has 11 aromatic carbocycles. The van der Waals surface area contributed by atoms with Gasteiger partial charge in [0.05, 0.1) is 27.8 Å². The first-order chi connectivity index (χ1) is 35.1. The zero-order chi connectivity index (χ0) is 46.7. The van der Waals surface area contributed by atoms with Gasteiger partial charge in [0.2, 0.25) is 0 Å². The van der Waals surface area contributed by atoms with Gasteiger partial charge in [-0.25, -0.2) is 4.99 Å². The molecule has 5 nitrogen and oxygen atoms in total. The molecule has 5 heteroatoms. The van der Waals surface area contributed by atoms with E-state index in [0.717, 1.165) is 51.4 Å². The van der Waals surface area contributed by atoms with Crippen molar-refractivity contribution in [2.75, 3.05) is 0 Å². The van der Waals surface area contributed by atoms with E-state index < -0.39 is 0 Å². The van der Waals surface area contributed by atoms with Crippen LogP contribution in [0.15, 0.2) is 223 Å². The third-order valence-corrected chi connectivity index (χ3v) is 15.4. The molecule has 0 radical (unpaired) electrons. The molecule has 0 saturated carbocycles. The lowest BCUT2D eigenvalue weighted by Crippen LogP contribution is -2.45.